The zero-order chi connectivity index (χ0) is 11.6. The monoisotopic (exact) mass is 221 g/mol. The zero-order valence-electron chi connectivity index (χ0n) is 7.54. The van der Waals surface area contributed by atoms with Crippen molar-refractivity contribution < 1.29 is 22.8 Å². The van der Waals surface area contributed by atoms with E-state index in [0.717, 1.165) is 13.0 Å². The van der Waals surface area contributed by atoms with E-state index in [0.29, 0.717) is 6.07 Å². The summed E-state index contributed by atoms with van der Waals surface area (Å²) >= 11 is 0. The van der Waals surface area contributed by atoms with Gasteiger partial charge in [0.05, 0.1) is 10.5 Å². The van der Waals surface area contributed by atoms with E-state index in [1.165, 1.54) is 0 Å². The summed E-state index contributed by atoms with van der Waals surface area (Å²) in [7, 11) is 0. The van der Waals surface area contributed by atoms with Crippen LogP contribution in [-0.4, -0.2) is 11.5 Å². The van der Waals surface area contributed by atoms with Crippen LogP contribution in [0.5, 0.6) is 5.75 Å². The smallest absolute Gasteiger partial charge is 0.387 e. The molecule has 0 aliphatic heterocycles. The Morgan fingerprint density at radius 1 is 1.47 bits per heavy atom. The van der Waals surface area contributed by atoms with Crippen molar-refractivity contribution in [3.05, 3.63) is 33.6 Å². The minimum absolute atomic E-state index is 0.264. The van der Waals surface area contributed by atoms with Gasteiger partial charge in [-0.15, -0.1) is 0 Å². The van der Waals surface area contributed by atoms with Crippen LogP contribution in [0.25, 0.3) is 0 Å². The minimum Gasteiger partial charge on any atom is -0.434 e. The first-order valence-corrected chi connectivity index (χ1v) is 3.81. The molecule has 1 rings (SSSR count). The van der Waals surface area contributed by atoms with Gasteiger partial charge in [0.1, 0.15) is 5.75 Å². The maximum atomic E-state index is 12.9. The lowest BCUT2D eigenvalue weighted by Crippen LogP contribution is -2.05. The van der Waals surface area contributed by atoms with Crippen LogP contribution in [0.4, 0.5) is 18.9 Å². The van der Waals surface area contributed by atoms with E-state index in [4.69, 9.17) is 0 Å². The molecule has 0 saturated carbocycles. The highest BCUT2D eigenvalue weighted by Gasteiger charge is 2.22. The Kier molecular flexibility index (Phi) is 3.13. The second kappa shape index (κ2) is 4.16. The van der Waals surface area contributed by atoms with Crippen molar-refractivity contribution in [2.24, 2.45) is 0 Å². The number of nitro groups is 1. The van der Waals surface area contributed by atoms with Gasteiger partial charge in [0.15, 0.2) is 0 Å². The van der Waals surface area contributed by atoms with E-state index >= 15 is 0 Å². The lowest BCUT2D eigenvalue weighted by molar-refractivity contribution is -0.388. The fourth-order valence-corrected chi connectivity index (χ4v) is 1.10. The number of hydrogen-bond acceptors (Lipinski definition) is 3. The summed E-state index contributed by atoms with van der Waals surface area (Å²) < 4.78 is 40.6. The molecule has 0 N–H and O–H groups in total. The normalized spacial score (nSPS) is 10.5. The van der Waals surface area contributed by atoms with Crippen LogP contribution in [0, 0.1) is 22.9 Å². The van der Waals surface area contributed by atoms with Crippen molar-refractivity contribution in [1.29, 1.82) is 0 Å². The standard InChI is InChI=1S/C8H6F3NO3/c1-4-6(15-8(10)11)3-2-5(9)7(4)12(13)14/h2-3,8H,1H3. The van der Waals surface area contributed by atoms with Crippen LogP contribution in [-0.2, 0) is 0 Å². The molecule has 0 amide bonds. The third kappa shape index (κ3) is 2.36. The van der Waals surface area contributed by atoms with Crippen LogP contribution >= 0.6 is 0 Å². The first kappa shape index (κ1) is 11.3. The number of nitrogens with zero attached hydrogens (tertiary/aromatic N) is 1. The van der Waals surface area contributed by atoms with E-state index in [-0.39, 0.29) is 5.56 Å². The molecule has 0 unspecified atom stereocenters. The van der Waals surface area contributed by atoms with Crippen LogP contribution in [0.2, 0.25) is 0 Å². The molecule has 1 aromatic rings. The summed E-state index contributed by atoms with van der Waals surface area (Å²) in [4.78, 5) is 9.42. The van der Waals surface area contributed by atoms with E-state index in [1.807, 2.05) is 0 Å². The lowest BCUT2D eigenvalue weighted by Gasteiger charge is -2.07. The van der Waals surface area contributed by atoms with Crippen LogP contribution in [0.1, 0.15) is 5.56 Å². The Labute approximate surface area is 82.4 Å². The van der Waals surface area contributed by atoms with Crippen LogP contribution in [0.15, 0.2) is 12.1 Å². The molecule has 0 aromatic heterocycles. The average Bonchev–Trinajstić information content (AvgIpc) is 2.09. The fourth-order valence-electron chi connectivity index (χ4n) is 1.10. The molecule has 1 aromatic carbocycles. The summed E-state index contributed by atoms with van der Waals surface area (Å²) in [5.41, 5.74) is -1.12. The summed E-state index contributed by atoms with van der Waals surface area (Å²) in [6, 6.07) is 1.63. The minimum atomic E-state index is -3.10. The molecule has 0 heterocycles. The number of benzene rings is 1. The second-order valence-corrected chi connectivity index (χ2v) is 2.65. The van der Waals surface area contributed by atoms with Crippen molar-refractivity contribution in [2.75, 3.05) is 0 Å². The van der Waals surface area contributed by atoms with Gasteiger partial charge in [0, 0.05) is 0 Å². The predicted molar refractivity (Wildman–Crippen MR) is 44.4 cm³/mol. The van der Waals surface area contributed by atoms with E-state index in [9.17, 15) is 23.3 Å². The molecule has 0 saturated heterocycles. The molecule has 0 aliphatic carbocycles. The number of nitro benzene ring substituents is 1. The number of halogens is 3. The third-order valence-corrected chi connectivity index (χ3v) is 1.73. The fraction of sp³-hybridized carbons (Fsp3) is 0.250. The van der Waals surface area contributed by atoms with Crippen LogP contribution < -0.4 is 4.74 Å². The van der Waals surface area contributed by atoms with Gasteiger partial charge < -0.3 is 4.74 Å². The highest BCUT2D eigenvalue weighted by atomic mass is 19.3. The SMILES string of the molecule is Cc1c(OC(F)F)ccc(F)c1[N+](=O)[O-]. The molecule has 4 nitrogen and oxygen atoms in total. The number of ether oxygens (including phenoxy) is 1. The molecule has 0 atom stereocenters. The van der Waals surface area contributed by atoms with Gasteiger partial charge in [-0.3, -0.25) is 10.1 Å². The van der Waals surface area contributed by atoms with Crippen molar-refractivity contribution in [3.8, 4) is 5.75 Å². The first-order chi connectivity index (χ1) is 6.93. The van der Waals surface area contributed by atoms with Gasteiger partial charge in [-0.1, -0.05) is 0 Å². The molecule has 0 bridgehead atoms. The van der Waals surface area contributed by atoms with Crippen LogP contribution in [0.3, 0.4) is 0 Å². The predicted octanol–water partition coefficient (Wildman–Crippen LogP) is 2.64. The Morgan fingerprint density at radius 3 is 2.53 bits per heavy atom. The van der Waals surface area contributed by atoms with Crippen molar-refractivity contribution in [1.82, 2.24) is 0 Å². The van der Waals surface area contributed by atoms with Crippen molar-refractivity contribution in [2.45, 2.75) is 13.5 Å². The van der Waals surface area contributed by atoms with Gasteiger partial charge in [0.2, 0.25) is 5.82 Å². The van der Waals surface area contributed by atoms with E-state index in [1.54, 1.807) is 0 Å². The second-order valence-electron chi connectivity index (χ2n) is 2.65. The van der Waals surface area contributed by atoms with E-state index < -0.39 is 28.8 Å². The third-order valence-electron chi connectivity index (χ3n) is 1.73. The maximum Gasteiger partial charge on any atom is 0.387 e. The zero-order valence-corrected chi connectivity index (χ0v) is 7.54. The summed E-state index contributed by atoms with van der Waals surface area (Å²) in [6.45, 7) is -1.97. The molecule has 0 spiro atoms. The lowest BCUT2D eigenvalue weighted by atomic mass is 10.2. The number of hydrogen-bond donors (Lipinski definition) is 0. The summed E-state index contributed by atoms with van der Waals surface area (Å²) in [5.74, 6) is -1.49. The van der Waals surface area contributed by atoms with Crippen molar-refractivity contribution in [3.63, 3.8) is 0 Å². The topological polar surface area (TPSA) is 52.4 Å². The molecular weight excluding hydrogens is 215 g/mol. The summed E-state index contributed by atoms with van der Waals surface area (Å²) in [6.07, 6.45) is 0. The van der Waals surface area contributed by atoms with E-state index in [2.05, 4.69) is 4.74 Å². The molecular formula is C8H6F3NO3. The van der Waals surface area contributed by atoms with Gasteiger partial charge in [-0.2, -0.15) is 13.2 Å². The van der Waals surface area contributed by atoms with Gasteiger partial charge in [-0.25, -0.2) is 0 Å². The van der Waals surface area contributed by atoms with Gasteiger partial charge >= 0.3 is 12.3 Å². The van der Waals surface area contributed by atoms with Crippen molar-refractivity contribution >= 4 is 5.69 Å². The highest BCUT2D eigenvalue weighted by molar-refractivity contribution is 5.49. The van der Waals surface area contributed by atoms with Gasteiger partial charge in [0.25, 0.3) is 0 Å². The average molecular weight is 221 g/mol. The molecule has 0 aliphatic rings. The Morgan fingerprint density at radius 2 is 2.07 bits per heavy atom. The molecule has 0 fully saturated rings. The largest absolute Gasteiger partial charge is 0.434 e. The molecule has 0 radical (unpaired) electrons. The Bertz CT molecular complexity index is 395. The quantitative estimate of drug-likeness (QED) is 0.582. The number of alkyl halides is 2. The molecule has 82 valence electrons. The Hall–Kier alpha value is -1.79. The highest BCUT2D eigenvalue weighted by Crippen LogP contribution is 2.30. The van der Waals surface area contributed by atoms with Gasteiger partial charge in [-0.05, 0) is 19.1 Å². The summed E-state index contributed by atoms with van der Waals surface area (Å²) in [5, 5.41) is 10.4. The Balaban J connectivity index is 3.22. The first-order valence-electron chi connectivity index (χ1n) is 3.81. The number of rotatable bonds is 3. The molecule has 15 heavy (non-hydrogen) atoms. The molecule has 7 heteroatoms. The maximum absolute atomic E-state index is 12.9.